The van der Waals surface area contributed by atoms with Crippen molar-refractivity contribution in [3.8, 4) is 5.75 Å². The van der Waals surface area contributed by atoms with Crippen molar-refractivity contribution >= 4 is 27.7 Å². The number of hydrogen-bond donors (Lipinski definition) is 4. The third-order valence-corrected chi connectivity index (χ3v) is 5.64. The number of para-hydroxylation sites is 1. The van der Waals surface area contributed by atoms with E-state index in [1.54, 1.807) is 12.3 Å². The van der Waals surface area contributed by atoms with Crippen LogP contribution in [0.1, 0.15) is 29.7 Å². The second kappa shape index (κ2) is 9.62. The number of nitrogens with one attached hydrogen (secondary N) is 3. The van der Waals surface area contributed by atoms with E-state index >= 15 is 0 Å². The van der Waals surface area contributed by atoms with Gasteiger partial charge in [0.05, 0.1) is 0 Å². The lowest BCUT2D eigenvalue weighted by molar-refractivity contribution is -0.121. The molecule has 1 amide bonds. The molecule has 2 heterocycles. The molecule has 0 saturated heterocycles. The Kier molecular flexibility index (Phi) is 6.48. The molecule has 4 N–H and O–H groups in total. The molecule has 4 aromatic rings. The van der Waals surface area contributed by atoms with Gasteiger partial charge >= 0.3 is 0 Å². The molecule has 0 fully saturated rings. The van der Waals surface area contributed by atoms with E-state index in [1.165, 1.54) is 10.9 Å². The van der Waals surface area contributed by atoms with E-state index in [2.05, 4.69) is 39.7 Å². The van der Waals surface area contributed by atoms with Crippen molar-refractivity contribution in [3.63, 3.8) is 0 Å². The van der Waals surface area contributed by atoms with Gasteiger partial charge < -0.3 is 20.7 Å². The average molecular weight is 417 g/mol. The smallest absolute Gasteiger partial charge is 0.220 e. The van der Waals surface area contributed by atoms with Crippen LogP contribution in [-0.2, 0) is 17.8 Å². The van der Waals surface area contributed by atoms with Gasteiger partial charge in [-0.3, -0.25) is 9.78 Å². The summed E-state index contributed by atoms with van der Waals surface area (Å²) in [6.45, 7) is 4.14. The maximum Gasteiger partial charge on any atom is 0.220 e. The Bertz CT molecular complexity index is 1200. The van der Waals surface area contributed by atoms with Crippen molar-refractivity contribution in [2.75, 3.05) is 13.1 Å². The maximum atomic E-state index is 12.2. The number of nitrogens with zero attached hydrogens (tertiary/aromatic N) is 1. The van der Waals surface area contributed by atoms with Crippen molar-refractivity contribution in [3.05, 3.63) is 71.5 Å². The number of benzene rings is 2. The largest absolute Gasteiger partial charge is 0.506 e. The summed E-state index contributed by atoms with van der Waals surface area (Å²) in [5, 5.41) is 18.5. The van der Waals surface area contributed by atoms with Gasteiger partial charge in [0, 0.05) is 47.7 Å². The maximum absolute atomic E-state index is 12.2. The molecule has 2 aromatic heterocycles. The zero-order valence-electron chi connectivity index (χ0n) is 17.7. The quantitative estimate of drug-likeness (QED) is 0.311. The fourth-order valence-corrected chi connectivity index (χ4v) is 4.04. The Labute approximate surface area is 181 Å². The lowest BCUT2D eigenvalue weighted by atomic mass is 10.1. The first-order valence-corrected chi connectivity index (χ1v) is 10.7. The van der Waals surface area contributed by atoms with Crippen LogP contribution in [0.15, 0.2) is 54.7 Å². The predicted molar refractivity (Wildman–Crippen MR) is 124 cm³/mol. The topological polar surface area (TPSA) is 90.0 Å². The number of fused-ring (bicyclic) bond motifs is 2. The number of pyridine rings is 1. The minimum Gasteiger partial charge on any atom is -0.506 e. The number of aromatic hydroxyl groups is 1. The fraction of sp³-hybridized carbons (Fsp3) is 0.280. The third kappa shape index (κ3) is 4.86. The van der Waals surface area contributed by atoms with E-state index in [0.717, 1.165) is 41.5 Å². The van der Waals surface area contributed by atoms with Crippen LogP contribution in [0.25, 0.3) is 21.8 Å². The van der Waals surface area contributed by atoms with Crippen molar-refractivity contribution in [1.82, 2.24) is 20.6 Å². The van der Waals surface area contributed by atoms with E-state index < -0.39 is 0 Å². The van der Waals surface area contributed by atoms with Crippen molar-refractivity contribution in [2.45, 2.75) is 32.7 Å². The van der Waals surface area contributed by atoms with Crippen LogP contribution in [0.4, 0.5) is 0 Å². The molecule has 0 aliphatic rings. The molecule has 0 spiro atoms. The molecule has 0 radical (unpaired) electrons. The molecule has 0 saturated carbocycles. The molecule has 0 unspecified atom stereocenters. The van der Waals surface area contributed by atoms with E-state index in [-0.39, 0.29) is 11.7 Å². The number of carbonyl (C=O) groups excluding carboxylic acids is 1. The number of aromatic nitrogens is 2. The van der Waals surface area contributed by atoms with Gasteiger partial charge in [0.1, 0.15) is 11.3 Å². The number of H-pyrrole nitrogens is 1. The fourth-order valence-electron chi connectivity index (χ4n) is 4.04. The van der Waals surface area contributed by atoms with Crippen LogP contribution in [0.5, 0.6) is 5.75 Å². The summed E-state index contributed by atoms with van der Waals surface area (Å²) in [5.74, 6) is 0.275. The summed E-state index contributed by atoms with van der Waals surface area (Å²) in [4.78, 5) is 19.8. The number of hydrogen-bond acceptors (Lipinski definition) is 4. The van der Waals surface area contributed by atoms with Crippen molar-refractivity contribution < 1.29 is 9.90 Å². The van der Waals surface area contributed by atoms with Gasteiger partial charge in [0.15, 0.2) is 0 Å². The van der Waals surface area contributed by atoms with E-state index in [4.69, 9.17) is 0 Å². The number of rotatable bonds is 9. The van der Waals surface area contributed by atoms with Crippen LogP contribution >= 0.6 is 0 Å². The van der Waals surface area contributed by atoms with Crippen LogP contribution in [0, 0.1) is 6.92 Å². The van der Waals surface area contributed by atoms with E-state index in [1.807, 2.05) is 30.3 Å². The molecule has 0 bridgehead atoms. The van der Waals surface area contributed by atoms with Gasteiger partial charge in [-0.2, -0.15) is 0 Å². The predicted octanol–water partition coefficient (Wildman–Crippen LogP) is 3.96. The molecule has 6 heteroatoms. The lowest BCUT2D eigenvalue weighted by Crippen LogP contribution is -2.26. The minimum absolute atomic E-state index is 0.0820. The third-order valence-electron chi connectivity index (χ3n) is 5.64. The number of phenols is 1. The Morgan fingerprint density at radius 1 is 1.06 bits per heavy atom. The zero-order valence-corrected chi connectivity index (χ0v) is 17.7. The highest BCUT2D eigenvalue weighted by Crippen LogP contribution is 2.25. The molecule has 160 valence electrons. The molecule has 0 aliphatic heterocycles. The molecule has 0 aliphatic carbocycles. The summed E-state index contributed by atoms with van der Waals surface area (Å²) in [7, 11) is 0. The number of phenolic OH excluding ortho intramolecular Hbond substituents is 1. The standard InChI is InChI=1S/C25H28N4O2/c1-17-19(21-6-2-3-8-22(21)29-17)12-15-27-24(31)9-5-13-26-16-18-10-11-23(30)25-20(18)7-4-14-28-25/h2-4,6-8,10-11,14,26,29-30H,5,9,12-13,15-16H2,1H3,(H,27,31). The monoisotopic (exact) mass is 416 g/mol. The Hall–Kier alpha value is -3.38. The number of aryl methyl sites for hydroxylation is 1. The average Bonchev–Trinajstić information content (AvgIpc) is 3.10. The molecule has 6 nitrogen and oxygen atoms in total. The van der Waals surface area contributed by atoms with E-state index in [9.17, 15) is 9.90 Å². The van der Waals surface area contributed by atoms with Crippen LogP contribution in [0.2, 0.25) is 0 Å². The first-order chi connectivity index (χ1) is 15.1. The van der Waals surface area contributed by atoms with Gasteiger partial charge in [0.25, 0.3) is 0 Å². The summed E-state index contributed by atoms with van der Waals surface area (Å²) in [6.07, 6.45) is 3.77. The highest BCUT2D eigenvalue weighted by Gasteiger charge is 2.09. The summed E-state index contributed by atoms with van der Waals surface area (Å²) in [6, 6.07) is 15.7. The normalized spacial score (nSPS) is 11.3. The highest BCUT2D eigenvalue weighted by atomic mass is 16.3. The van der Waals surface area contributed by atoms with Crippen molar-refractivity contribution in [2.24, 2.45) is 0 Å². The van der Waals surface area contributed by atoms with Crippen LogP contribution < -0.4 is 10.6 Å². The van der Waals surface area contributed by atoms with Gasteiger partial charge in [-0.05, 0) is 55.6 Å². The molecule has 0 atom stereocenters. The SMILES string of the molecule is Cc1[nH]c2ccccc2c1CCNC(=O)CCCNCc1ccc(O)c2ncccc12. The van der Waals surface area contributed by atoms with Crippen molar-refractivity contribution in [1.29, 1.82) is 0 Å². The molecule has 2 aromatic carbocycles. The van der Waals surface area contributed by atoms with Gasteiger partial charge in [-0.15, -0.1) is 0 Å². The highest BCUT2D eigenvalue weighted by molar-refractivity contribution is 5.87. The van der Waals surface area contributed by atoms with Gasteiger partial charge in [-0.1, -0.05) is 30.3 Å². The Morgan fingerprint density at radius 2 is 1.90 bits per heavy atom. The number of aromatic amines is 1. The van der Waals surface area contributed by atoms with Gasteiger partial charge in [0.2, 0.25) is 5.91 Å². The Balaban J connectivity index is 1.18. The molecule has 31 heavy (non-hydrogen) atoms. The second-order valence-corrected chi connectivity index (χ2v) is 7.80. The molecular formula is C25H28N4O2. The van der Waals surface area contributed by atoms with Crippen LogP contribution in [-0.4, -0.2) is 34.1 Å². The second-order valence-electron chi connectivity index (χ2n) is 7.80. The summed E-state index contributed by atoms with van der Waals surface area (Å²) in [5.41, 5.74) is 5.28. The summed E-state index contributed by atoms with van der Waals surface area (Å²) >= 11 is 0. The molecule has 4 rings (SSSR count). The van der Waals surface area contributed by atoms with Crippen LogP contribution in [0.3, 0.4) is 0 Å². The lowest BCUT2D eigenvalue weighted by Gasteiger charge is -2.09. The first kappa shape index (κ1) is 20.9. The zero-order chi connectivity index (χ0) is 21.6. The Morgan fingerprint density at radius 3 is 2.81 bits per heavy atom. The minimum atomic E-state index is 0.0820. The summed E-state index contributed by atoms with van der Waals surface area (Å²) < 4.78 is 0. The number of carbonyl (C=O) groups is 1. The number of amides is 1. The van der Waals surface area contributed by atoms with Gasteiger partial charge in [-0.25, -0.2) is 0 Å². The molecular weight excluding hydrogens is 388 g/mol. The first-order valence-electron chi connectivity index (χ1n) is 10.7. The van der Waals surface area contributed by atoms with E-state index in [0.29, 0.717) is 25.0 Å².